The van der Waals surface area contributed by atoms with E-state index in [1.54, 1.807) is 0 Å². The van der Waals surface area contributed by atoms with Crippen LogP contribution in [-0.2, 0) is 24.0 Å². The first kappa shape index (κ1) is 26.3. The van der Waals surface area contributed by atoms with Crippen molar-refractivity contribution < 1.29 is 44.4 Å². The van der Waals surface area contributed by atoms with Gasteiger partial charge in [-0.3, -0.25) is 24.0 Å². The number of nitrogens with two attached hydrogens (primary N) is 1. The third kappa shape index (κ3) is 7.53. The zero-order valence-electron chi connectivity index (χ0n) is 18.2. The van der Waals surface area contributed by atoms with Gasteiger partial charge in [0.1, 0.15) is 12.1 Å². The lowest BCUT2D eigenvalue weighted by atomic mass is 9.79. The highest BCUT2D eigenvalue weighted by atomic mass is 16.4. The van der Waals surface area contributed by atoms with Crippen LogP contribution in [0.15, 0.2) is 11.6 Å². The van der Waals surface area contributed by atoms with Gasteiger partial charge in [-0.2, -0.15) is 0 Å². The van der Waals surface area contributed by atoms with Crippen LogP contribution in [0.3, 0.4) is 0 Å². The minimum absolute atomic E-state index is 0.0132. The Balaban J connectivity index is 2.09. The van der Waals surface area contributed by atoms with E-state index in [9.17, 15) is 39.3 Å². The van der Waals surface area contributed by atoms with Gasteiger partial charge in [0.2, 0.25) is 17.7 Å². The number of hydrogen-bond donors (Lipinski definition) is 7. The molecule has 1 fully saturated rings. The van der Waals surface area contributed by atoms with Crippen LogP contribution >= 0.6 is 0 Å². The Bertz CT molecular complexity index is 820. The van der Waals surface area contributed by atoms with Gasteiger partial charge >= 0.3 is 11.9 Å². The van der Waals surface area contributed by atoms with E-state index >= 15 is 0 Å². The van der Waals surface area contributed by atoms with Gasteiger partial charge in [-0.25, -0.2) is 0 Å². The molecule has 0 aromatic heterocycles. The fourth-order valence-corrected chi connectivity index (χ4v) is 4.51. The molecule has 0 saturated heterocycles. The average molecular weight is 469 g/mol. The largest absolute Gasteiger partial charge is 0.481 e. The molecule has 2 aliphatic carbocycles. The molecule has 1 saturated carbocycles. The summed E-state index contributed by atoms with van der Waals surface area (Å²) in [4.78, 5) is 58.8. The smallest absolute Gasteiger partial charge is 0.303 e. The molecule has 0 aromatic rings. The molecule has 12 nitrogen and oxygen atoms in total. The predicted molar refractivity (Wildman–Crippen MR) is 112 cm³/mol. The molecular weight excluding hydrogens is 438 g/mol. The molecule has 4 atom stereocenters. The number of aliphatic carboxylic acids is 2. The summed E-state index contributed by atoms with van der Waals surface area (Å²) >= 11 is 0. The van der Waals surface area contributed by atoms with E-state index in [-0.39, 0.29) is 31.3 Å². The summed E-state index contributed by atoms with van der Waals surface area (Å²) in [6.45, 7) is 0. The van der Waals surface area contributed by atoms with Crippen molar-refractivity contribution in [2.24, 2.45) is 11.1 Å². The lowest BCUT2D eigenvalue weighted by Crippen LogP contribution is -2.52. The molecule has 12 heteroatoms. The lowest BCUT2D eigenvalue weighted by Gasteiger charge is -2.33. The number of aliphatic hydroxyl groups is 2. The standard InChI is InChI=1S/C21H31N3O9/c22-19(32)12(3-4-16(27)28)24-20(33)11-7-13(18(31)14(25)8-11)23-15(26)9-21(10-17(29)30)5-1-2-6-21/h7,12-14,18,25,31H,1-6,8-10H2,(H2,22,32)(H,23,26)(H,24,33)(H,27,28)(H,29,30). The van der Waals surface area contributed by atoms with Gasteiger partial charge in [0, 0.05) is 24.8 Å². The fourth-order valence-electron chi connectivity index (χ4n) is 4.51. The summed E-state index contributed by atoms with van der Waals surface area (Å²) in [6, 6.07) is -2.36. The van der Waals surface area contributed by atoms with Crippen molar-refractivity contribution in [3.05, 3.63) is 11.6 Å². The number of carboxylic acids is 2. The summed E-state index contributed by atoms with van der Waals surface area (Å²) < 4.78 is 0. The molecule has 8 N–H and O–H groups in total. The van der Waals surface area contributed by atoms with E-state index in [1.165, 1.54) is 6.08 Å². The number of hydrogen-bond acceptors (Lipinski definition) is 7. The highest BCUT2D eigenvalue weighted by Gasteiger charge is 2.40. The van der Waals surface area contributed by atoms with E-state index < -0.39 is 65.8 Å². The molecule has 4 unspecified atom stereocenters. The SMILES string of the molecule is NC(=O)C(CCC(=O)O)NC(=O)C1=CC(NC(=O)CC2(CC(=O)O)CCCC2)C(O)C(O)C1. The first-order valence-electron chi connectivity index (χ1n) is 10.8. The zero-order chi connectivity index (χ0) is 24.8. The first-order chi connectivity index (χ1) is 15.4. The Kier molecular flexibility index (Phi) is 8.94. The third-order valence-corrected chi connectivity index (χ3v) is 6.21. The van der Waals surface area contributed by atoms with Crippen LogP contribution in [0.25, 0.3) is 0 Å². The van der Waals surface area contributed by atoms with Crippen LogP contribution in [0.1, 0.15) is 57.8 Å². The maximum Gasteiger partial charge on any atom is 0.303 e. The van der Waals surface area contributed by atoms with Crippen molar-refractivity contribution in [1.29, 1.82) is 0 Å². The molecule has 2 aliphatic rings. The van der Waals surface area contributed by atoms with Crippen molar-refractivity contribution in [3.8, 4) is 0 Å². The molecule has 2 rings (SSSR count). The van der Waals surface area contributed by atoms with Crippen molar-refractivity contribution in [3.63, 3.8) is 0 Å². The number of carboxylic acid groups (broad SMARTS) is 2. The quantitative estimate of drug-likeness (QED) is 0.193. The predicted octanol–water partition coefficient (Wildman–Crippen LogP) is -1.22. The number of nitrogens with one attached hydrogen (secondary N) is 2. The average Bonchev–Trinajstić information content (AvgIpc) is 3.14. The maximum atomic E-state index is 12.7. The summed E-state index contributed by atoms with van der Waals surface area (Å²) in [5.41, 5.74) is 4.53. The van der Waals surface area contributed by atoms with Crippen molar-refractivity contribution >= 4 is 29.7 Å². The van der Waals surface area contributed by atoms with Crippen molar-refractivity contribution in [2.75, 3.05) is 0 Å². The summed E-state index contributed by atoms with van der Waals surface area (Å²) in [6.07, 6.45) is 0.217. The second-order valence-corrected chi connectivity index (χ2v) is 8.86. The molecule has 0 bridgehead atoms. The highest BCUT2D eigenvalue weighted by Crippen LogP contribution is 2.44. The lowest BCUT2D eigenvalue weighted by molar-refractivity contribution is -0.141. The van der Waals surface area contributed by atoms with E-state index in [0.717, 1.165) is 12.8 Å². The van der Waals surface area contributed by atoms with Crippen molar-refractivity contribution in [2.45, 2.75) is 82.1 Å². The number of amides is 3. The van der Waals surface area contributed by atoms with E-state index in [2.05, 4.69) is 10.6 Å². The fraction of sp³-hybridized carbons (Fsp3) is 0.667. The van der Waals surface area contributed by atoms with Gasteiger partial charge in [-0.15, -0.1) is 0 Å². The minimum atomic E-state index is -1.40. The van der Waals surface area contributed by atoms with E-state index in [0.29, 0.717) is 12.8 Å². The number of carbonyl (C=O) groups is 5. The normalized spacial score (nSPS) is 24.9. The molecule has 184 valence electrons. The Morgan fingerprint density at radius 2 is 1.70 bits per heavy atom. The molecule has 33 heavy (non-hydrogen) atoms. The molecule has 0 radical (unpaired) electrons. The van der Waals surface area contributed by atoms with Crippen LogP contribution in [0.5, 0.6) is 0 Å². The Morgan fingerprint density at radius 3 is 2.24 bits per heavy atom. The second kappa shape index (κ2) is 11.2. The Labute approximate surface area is 190 Å². The maximum absolute atomic E-state index is 12.7. The second-order valence-electron chi connectivity index (χ2n) is 8.86. The Morgan fingerprint density at radius 1 is 1.06 bits per heavy atom. The van der Waals surface area contributed by atoms with Gasteiger partial charge in [-0.1, -0.05) is 18.9 Å². The van der Waals surface area contributed by atoms with Gasteiger partial charge in [0.05, 0.1) is 18.6 Å². The third-order valence-electron chi connectivity index (χ3n) is 6.21. The van der Waals surface area contributed by atoms with Gasteiger partial charge in [0.25, 0.3) is 0 Å². The number of primary amides is 1. The van der Waals surface area contributed by atoms with Gasteiger partial charge in [0.15, 0.2) is 0 Å². The summed E-state index contributed by atoms with van der Waals surface area (Å²) in [7, 11) is 0. The van der Waals surface area contributed by atoms with E-state index in [1.807, 2.05) is 0 Å². The number of rotatable bonds is 11. The van der Waals surface area contributed by atoms with Crippen LogP contribution in [0.2, 0.25) is 0 Å². The summed E-state index contributed by atoms with van der Waals surface area (Å²) in [5, 5.41) is 43.3. The Hall–Kier alpha value is -2.99. The first-order valence-corrected chi connectivity index (χ1v) is 10.8. The number of aliphatic hydroxyl groups excluding tert-OH is 2. The van der Waals surface area contributed by atoms with Crippen LogP contribution in [0, 0.1) is 5.41 Å². The topological polar surface area (TPSA) is 216 Å². The molecule has 0 aromatic carbocycles. The molecular formula is C21H31N3O9. The van der Waals surface area contributed by atoms with Gasteiger partial charge in [-0.05, 0) is 24.7 Å². The highest BCUT2D eigenvalue weighted by molar-refractivity contribution is 5.97. The van der Waals surface area contributed by atoms with Crippen molar-refractivity contribution in [1.82, 2.24) is 10.6 Å². The van der Waals surface area contributed by atoms with Gasteiger partial charge < -0.3 is 36.8 Å². The van der Waals surface area contributed by atoms with Crippen LogP contribution < -0.4 is 16.4 Å². The molecule has 0 spiro atoms. The monoisotopic (exact) mass is 469 g/mol. The van der Waals surface area contributed by atoms with E-state index in [4.69, 9.17) is 10.8 Å². The molecule has 3 amide bonds. The summed E-state index contributed by atoms with van der Waals surface area (Å²) in [5.74, 6) is -4.39. The number of carbonyl (C=O) groups excluding carboxylic acids is 3. The zero-order valence-corrected chi connectivity index (χ0v) is 18.2. The van der Waals surface area contributed by atoms with Crippen LogP contribution in [-0.4, -0.2) is 74.4 Å². The van der Waals surface area contributed by atoms with Crippen LogP contribution in [0.4, 0.5) is 0 Å². The minimum Gasteiger partial charge on any atom is -0.481 e. The molecule has 0 heterocycles. The molecule has 0 aliphatic heterocycles.